The average Bonchev–Trinajstić information content (AvgIpc) is 2.84. The normalized spacial score (nSPS) is 16.5. The van der Waals surface area contributed by atoms with Gasteiger partial charge in [-0.3, -0.25) is 19.2 Å². The molecule has 0 aromatic carbocycles. The Morgan fingerprint density at radius 3 is 0.848 bits per heavy atom. The Hall–Kier alpha value is -0.720. The van der Waals surface area contributed by atoms with Gasteiger partial charge in [0.1, 0.15) is 31.8 Å². The Labute approximate surface area is 218 Å². The van der Waals surface area contributed by atoms with Crippen LogP contribution in [0.25, 0.3) is 0 Å². The highest BCUT2D eigenvalue weighted by Gasteiger charge is 2.39. The van der Waals surface area contributed by atoms with Gasteiger partial charge in [0.25, 0.3) is 0 Å². The molecule has 0 aliphatic rings. The smallest absolute Gasteiger partial charge is 0.309 e. The fraction of sp³-hybridized carbons (Fsp3) is 0.810. The summed E-state index contributed by atoms with van der Waals surface area (Å²) >= 11 is 16.4. The van der Waals surface area contributed by atoms with Crippen molar-refractivity contribution in [3.63, 3.8) is 0 Å². The molecule has 0 aliphatic heterocycles. The third-order valence-electron chi connectivity index (χ3n) is 4.79. The van der Waals surface area contributed by atoms with Crippen molar-refractivity contribution in [2.45, 2.75) is 27.7 Å². The van der Waals surface area contributed by atoms with E-state index in [1.54, 1.807) is 27.7 Å². The van der Waals surface area contributed by atoms with Crippen LogP contribution < -0.4 is 0 Å². The Morgan fingerprint density at radius 2 is 0.697 bits per heavy atom. The van der Waals surface area contributed by atoms with E-state index in [1.165, 1.54) is 0 Å². The first kappa shape index (κ1) is 32.3. The molecule has 12 heteroatoms. The third kappa shape index (κ3) is 12.0. The monoisotopic (exact) mass is 544 g/mol. The molecule has 0 bridgehead atoms. The fourth-order valence-electron chi connectivity index (χ4n) is 2.01. The van der Waals surface area contributed by atoms with Gasteiger partial charge in [0.2, 0.25) is 0 Å². The van der Waals surface area contributed by atoms with Gasteiger partial charge in [0, 0.05) is 23.0 Å². The minimum atomic E-state index is -1.31. The van der Waals surface area contributed by atoms with Gasteiger partial charge in [-0.25, -0.2) is 0 Å². The van der Waals surface area contributed by atoms with Gasteiger partial charge in [0.05, 0.1) is 23.7 Å². The summed E-state index contributed by atoms with van der Waals surface area (Å²) in [5.74, 6) is -3.02. The predicted molar refractivity (Wildman–Crippen MR) is 138 cm³/mol. The largest absolute Gasteiger partial charge is 0.464 e. The van der Waals surface area contributed by atoms with Crippen LogP contribution in [0.15, 0.2) is 0 Å². The molecule has 8 nitrogen and oxygen atoms in total. The maximum atomic E-state index is 12.3. The molecule has 0 fully saturated rings. The molecule has 192 valence electrons. The van der Waals surface area contributed by atoms with E-state index in [4.69, 9.17) is 18.9 Å². The van der Waals surface area contributed by atoms with E-state index in [-0.39, 0.29) is 49.4 Å². The molecule has 0 N–H and O–H groups in total. The van der Waals surface area contributed by atoms with E-state index in [2.05, 4.69) is 50.5 Å². The Kier molecular flexibility index (Phi) is 16.5. The molecule has 0 aliphatic carbocycles. The standard InChI is InChI=1S/C21H36O8S4/c1-13(5-30)17(22)26-9-21(10-27-18(23)14(2)6-31,11-28-19(24)15(3)7-32)12-29-20(25)16(4)8-33/h13-16,30-33H,5-12H2,1-4H3. The molecule has 0 heterocycles. The highest BCUT2D eigenvalue weighted by atomic mass is 32.1. The van der Waals surface area contributed by atoms with Crippen molar-refractivity contribution in [3.8, 4) is 0 Å². The van der Waals surface area contributed by atoms with E-state index >= 15 is 0 Å². The zero-order chi connectivity index (χ0) is 25.6. The van der Waals surface area contributed by atoms with E-state index in [9.17, 15) is 19.2 Å². The van der Waals surface area contributed by atoms with Crippen LogP contribution in [0.2, 0.25) is 0 Å². The average molecular weight is 545 g/mol. The highest BCUT2D eigenvalue weighted by Crippen LogP contribution is 2.24. The molecular formula is C21H36O8S4. The van der Waals surface area contributed by atoms with Crippen molar-refractivity contribution < 1.29 is 38.1 Å². The summed E-state index contributed by atoms with van der Waals surface area (Å²) in [5.41, 5.74) is -1.31. The summed E-state index contributed by atoms with van der Waals surface area (Å²) in [6.07, 6.45) is 0. The number of hydrogen-bond acceptors (Lipinski definition) is 12. The number of carbonyl (C=O) groups excluding carboxylic acids is 4. The fourth-order valence-corrected chi connectivity index (χ4v) is 2.61. The van der Waals surface area contributed by atoms with Gasteiger partial charge in [-0.15, -0.1) is 0 Å². The molecule has 0 spiro atoms. The van der Waals surface area contributed by atoms with E-state index in [1.807, 2.05) is 0 Å². The van der Waals surface area contributed by atoms with Crippen molar-refractivity contribution >= 4 is 74.4 Å². The van der Waals surface area contributed by atoms with Gasteiger partial charge >= 0.3 is 23.9 Å². The minimum absolute atomic E-state index is 0.267. The lowest BCUT2D eigenvalue weighted by Gasteiger charge is -2.32. The van der Waals surface area contributed by atoms with Crippen LogP contribution in [-0.2, 0) is 38.1 Å². The van der Waals surface area contributed by atoms with Crippen LogP contribution >= 0.6 is 50.5 Å². The second-order valence-electron chi connectivity index (χ2n) is 8.27. The summed E-state index contributed by atoms with van der Waals surface area (Å²) in [6, 6.07) is 0. The number of ether oxygens (including phenoxy) is 4. The van der Waals surface area contributed by atoms with Gasteiger partial charge in [-0.2, -0.15) is 50.5 Å². The number of hydrogen-bond donors (Lipinski definition) is 4. The number of rotatable bonds is 16. The SMILES string of the molecule is CC(CS)C(=O)OCC(COC(=O)C(C)CS)(COC(=O)C(C)CS)COC(=O)C(C)CS. The zero-order valence-electron chi connectivity index (χ0n) is 19.5. The summed E-state index contributed by atoms with van der Waals surface area (Å²) < 4.78 is 21.6. The first-order valence-corrected chi connectivity index (χ1v) is 13.1. The van der Waals surface area contributed by atoms with Gasteiger partial charge < -0.3 is 18.9 Å². The first-order valence-electron chi connectivity index (χ1n) is 10.6. The van der Waals surface area contributed by atoms with Crippen molar-refractivity contribution in [1.82, 2.24) is 0 Å². The molecule has 0 radical (unpaired) electrons. The maximum absolute atomic E-state index is 12.3. The molecule has 33 heavy (non-hydrogen) atoms. The predicted octanol–water partition coefficient (Wildman–Crippen LogP) is 2.41. The molecule has 0 saturated carbocycles. The summed E-state index contributed by atoms with van der Waals surface area (Å²) in [4.78, 5) is 49.1. The van der Waals surface area contributed by atoms with E-state index < -0.39 is 53.0 Å². The van der Waals surface area contributed by atoms with Crippen LogP contribution in [0.5, 0.6) is 0 Å². The molecule has 0 saturated heterocycles. The zero-order valence-corrected chi connectivity index (χ0v) is 23.1. The Bertz CT molecular complexity index is 536. The molecule has 0 amide bonds. The molecule has 0 rings (SSSR count). The number of carbonyl (C=O) groups is 4. The van der Waals surface area contributed by atoms with Gasteiger partial charge in [0.15, 0.2) is 0 Å². The van der Waals surface area contributed by atoms with Gasteiger partial charge in [-0.05, 0) is 0 Å². The van der Waals surface area contributed by atoms with E-state index in [0.29, 0.717) is 0 Å². The lowest BCUT2D eigenvalue weighted by molar-refractivity contribution is -0.174. The molecule has 4 unspecified atom stereocenters. The quantitative estimate of drug-likeness (QED) is 0.133. The van der Waals surface area contributed by atoms with Crippen LogP contribution in [0.1, 0.15) is 27.7 Å². The van der Waals surface area contributed by atoms with Crippen LogP contribution in [0.3, 0.4) is 0 Å². The van der Waals surface area contributed by atoms with Crippen molar-refractivity contribution in [2.24, 2.45) is 29.1 Å². The lowest BCUT2D eigenvalue weighted by Crippen LogP contribution is -2.45. The second kappa shape index (κ2) is 16.8. The third-order valence-corrected chi connectivity index (χ3v) is 6.98. The summed E-state index contributed by atoms with van der Waals surface area (Å²) in [6.45, 7) is 5.36. The van der Waals surface area contributed by atoms with Crippen molar-refractivity contribution in [2.75, 3.05) is 49.4 Å². The Morgan fingerprint density at radius 1 is 0.515 bits per heavy atom. The van der Waals surface area contributed by atoms with Crippen LogP contribution in [0.4, 0.5) is 0 Å². The maximum Gasteiger partial charge on any atom is 0.309 e. The Balaban J connectivity index is 5.79. The minimum Gasteiger partial charge on any atom is -0.464 e. The first-order chi connectivity index (χ1) is 15.5. The summed E-state index contributed by atoms with van der Waals surface area (Å²) in [5, 5.41) is 0. The highest BCUT2D eigenvalue weighted by molar-refractivity contribution is 7.80. The van der Waals surface area contributed by atoms with Crippen molar-refractivity contribution in [1.29, 1.82) is 0 Å². The van der Waals surface area contributed by atoms with Crippen LogP contribution in [-0.4, -0.2) is 73.3 Å². The summed E-state index contributed by atoms with van der Waals surface area (Å²) in [7, 11) is 0. The lowest BCUT2D eigenvalue weighted by atomic mass is 9.91. The van der Waals surface area contributed by atoms with Gasteiger partial charge in [-0.1, -0.05) is 27.7 Å². The van der Waals surface area contributed by atoms with Crippen molar-refractivity contribution in [3.05, 3.63) is 0 Å². The molecular weight excluding hydrogens is 508 g/mol. The number of esters is 4. The van der Waals surface area contributed by atoms with Crippen LogP contribution in [0, 0.1) is 29.1 Å². The van der Waals surface area contributed by atoms with E-state index in [0.717, 1.165) is 0 Å². The number of thiol groups is 4. The molecule has 4 atom stereocenters. The molecule has 0 aromatic heterocycles. The topological polar surface area (TPSA) is 105 Å². The second-order valence-corrected chi connectivity index (χ2v) is 9.73. The molecule has 0 aromatic rings.